The summed E-state index contributed by atoms with van der Waals surface area (Å²) in [5, 5.41) is 5.00. The van der Waals surface area contributed by atoms with Crippen molar-refractivity contribution < 1.29 is 23.5 Å². The molecule has 6 nitrogen and oxygen atoms in total. The summed E-state index contributed by atoms with van der Waals surface area (Å²) in [6.45, 7) is 0.747. The van der Waals surface area contributed by atoms with Gasteiger partial charge in [0, 0.05) is 17.6 Å². The van der Waals surface area contributed by atoms with Crippen LogP contribution in [0.5, 0.6) is 0 Å². The molecule has 2 rings (SSSR count). The Balaban J connectivity index is 1.93. The van der Waals surface area contributed by atoms with Gasteiger partial charge in [0.05, 0.1) is 11.3 Å². The number of anilines is 2. The van der Waals surface area contributed by atoms with Crippen LogP contribution in [0.4, 0.5) is 15.8 Å². The second kappa shape index (κ2) is 8.25. The third kappa shape index (κ3) is 5.58. The molecule has 0 aliphatic carbocycles. The van der Waals surface area contributed by atoms with Crippen molar-refractivity contribution in [3.05, 3.63) is 58.9 Å². The topological polar surface area (TPSA) is 84.5 Å². The summed E-state index contributed by atoms with van der Waals surface area (Å²) < 4.78 is 18.5. The lowest BCUT2D eigenvalue weighted by Gasteiger charge is -2.08. The van der Waals surface area contributed by atoms with Crippen LogP contribution in [0.15, 0.2) is 42.5 Å². The number of benzene rings is 2. The van der Waals surface area contributed by atoms with Crippen LogP contribution < -0.4 is 10.6 Å². The highest BCUT2D eigenvalue weighted by Gasteiger charge is 2.13. The highest BCUT2D eigenvalue weighted by atomic mass is 35.5. The van der Waals surface area contributed by atoms with E-state index in [1.807, 2.05) is 0 Å². The molecular formula is C17H14ClFN2O4. The number of esters is 1. The van der Waals surface area contributed by atoms with Crippen molar-refractivity contribution in [2.75, 3.05) is 17.2 Å². The van der Waals surface area contributed by atoms with Gasteiger partial charge < -0.3 is 15.4 Å². The minimum atomic E-state index is -0.751. The number of amides is 2. The number of carbonyl (C=O) groups excluding carboxylic acids is 3. The lowest BCUT2D eigenvalue weighted by molar-refractivity contribution is -0.119. The zero-order valence-corrected chi connectivity index (χ0v) is 13.9. The molecule has 2 N–H and O–H groups in total. The molecule has 0 bridgehead atoms. The summed E-state index contributed by atoms with van der Waals surface area (Å²) in [5.41, 5.74) is 0.518. The van der Waals surface area contributed by atoms with E-state index in [1.54, 1.807) is 12.1 Å². The zero-order chi connectivity index (χ0) is 18.4. The summed E-state index contributed by atoms with van der Waals surface area (Å²) in [4.78, 5) is 34.7. The SMILES string of the molecule is CC(=O)Nc1cccc(C(=O)OCC(=O)Nc2ccc(Cl)cc2F)c1. The first kappa shape index (κ1) is 18.4. The lowest BCUT2D eigenvalue weighted by Crippen LogP contribution is -2.21. The molecule has 0 aliphatic heterocycles. The summed E-state index contributed by atoms with van der Waals surface area (Å²) in [6.07, 6.45) is 0. The molecule has 130 valence electrons. The number of nitrogens with one attached hydrogen (secondary N) is 2. The quantitative estimate of drug-likeness (QED) is 0.798. The summed E-state index contributed by atoms with van der Waals surface area (Å²) in [6, 6.07) is 9.83. The Bertz CT molecular complexity index is 826. The lowest BCUT2D eigenvalue weighted by atomic mass is 10.2. The van der Waals surface area contributed by atoms with Crippen molar-refractivity contribution >= 4 is 40.8 Å². The fourth-order valence-electron chi connectivity index (χ4n) is 1.92. The molecule has 2 aromatic carbocycles. The van der Waals surface area contributed by atoms with Crippen molar-refractivity contribution in [1.82, 2.24) is 0 Å². The number of rotatable bonds is 5. The molecule has 0 aliphatic rings. The predicted molar refractivity (Wildman–Crippen MR) is 91.1 cm³/mol. The molecule has 0 saturated carbocycles. The van der Waals surface area contributed by atoms with Crippen LogP contribution in [-0.4, -0.2) is 24.4 Å². The van der Waals surface area contributed by atoms with E-state index in [0.717, 1.165) is 6.07 Å². The summed E-state index contributed by atoms with van der Waals surface area (Å²) >= 11 is 5.62. The summed E-state index contributed by atoms with van der Waals surface area (Å²) in [5.74, 6) is -2.43. The highest BCUT2D eigenvalue weighted by molar-refractivity contribution is 6.30. The standard InChI is InChI=1S/C17H14ClFN2O4/c1-10(22)20-13-4-2-3-11(7-13)17(24)25-9-16(23)21-15-6-5-12(18)8-14(15)19/h2-8H,9H2,1H3,(H,20,22)(H,21,23). The molecule has 0 aromatic heterocycles. The van der Waals surface area contributed by atoms with Gasteiger partial charge >= 0.3 is 5.97 Å². The first-order valence-corrected chi connectivity index (χ1v) is 7.52. The van der Waals surface area contributed by atoms with E-state index in [9.17, 15) is 18.8 Å². The molecule has 25 heavy (non-hydrogen) atoms. The van der Waals surface area contributed by atoms with Gasteiger partial charge in [0.15, 0.2) is 6.61 Å². The fourth-order valence-corrected chi connectivity index (χ4v) is 2.08. The van der Waals surface area contributed by atoms with Gasteiger partial charge in [-0.05, 0) is 36.4 Å². The Morgan fingerprint density at radius 2 is 1.88 bits per heavy atom. The molecule has 2 amide bonds. The van der Waals surface area contributed by atoms with Crippen LogP contribution in [0.3, 0.4) is 0 Å². The van der Waals surface area contributed by atoms with Gasteiger partial charge in [0.25, 0.3) is 5.91 Å². The molecular weight excluding hydrogens is 351 g/mol. The third-order valence-electron chi connectivity index (χ3n) is 2.96. The van der Waals surface area contributed by atoms with Crippen LogP contribution in [0, 0.1) is 5.82 Å². The molecule has 0 radical (unpaired) electrons. The Hall–Kier alpha value is -2.93. The van der Waals surface area contributed by atoms with E-state index in [1.165, 1.54) is 31.2 Å². The Labute approximate surface area is 147 Å². The number of halogens is 2. The van der Waals surface area contributed by atoms with Gasteiger partial charge in [0.1, 0.15) is 5.82 Å². The predicted octanol–water partition coefficient (Wildman–Crippen LogP) is 3.23. The van der Waals surface area contributed by atoms with Crippen LogP contribution in [0.25, 0.3) is 0 Å². The fraction of sp³-hybridized carbons (Fsp3) is 0.118. The van der Waals surface area contributed by atoms with Crippen LogP contribution in [0.1, 0.15) is 17.3 Å². The third-order valence-corrected chi connectivity index (χ3v) is 3.19. The largest absolute Gasteiger partial charge is 0.452 e. The molecule has 2 aromatic rings. The number of carbonyl (C=O) groups is 3. The molecule has 0 saturated heterocycles. The van der Waals surface area contributed by atoms with E-state index in [4.69, 9.17) is 16.3 Å². The Morgan fingerprint density at radius 1 is 1.12 bits per heavy atom. The van der Waals surface area contributed by atoms with E-state index in [2.05, 4.69) is 10.6 Å². The number of hydrogen-bond acceptors (Lipinski definition) is 4. The van der Waals surface area contributed by atoms with Gasteiger partial charge in [-0.3, -0.25) is 9.59 Å². The maximum Gasteiger partial charge on any atom is 0.338 e. The normalized spacial score (nSPS) is 10.0. The van der Waals surface area contributed by atoms with Crippen molar-refractivity contribution in [2.45, 2.75) is 6.92 Å². The highest BCUT2D eigenvalue weighted by Crippen LogP contribution is 2.18. The van der Waals surface area contributed by atoms with E-state index >= 15 is 0 Å². The average Bonchev–Trinajstić information content (AvgIpc) is 2.55. The summed E-state index contributed by atoms with van der Waals surface area (Å²) in [7, 11) is 0. The molecule has 0 unspecified atom stereocenters. The minimum absolute atomic E-state index is 0.0712. The average molecular weight is 365 g/mol. The monoisotopic (exact) mass is 364 g/mol. The maximum absolute atomic E-state index is 13.6. The number of hydrogen-bond donors (Lipinski definition) is 2. The van der Waals surface area contributed by atoms with Gasteiger partial charge in [-0.25, -0.2) is 9.18 Å². The molecule has 0 heterocycles. The van der Waals surface area contributed by atoms with Gasteiger partial charge in [-0.1, -0.05) is 17.7 Å². The second-order valence-corrected chi connectivity index (χ2v) is 5.45. The van der Waals surface area contributed by atoms with Crippen molar-refractivity contribution in [1.29, 1.82) is 0 Å². The molecule has 0 atom stereocenters. The zero-order valence-electron chi connectivity index (χ0n) is 13.1. The first-order valence-electron chi connectivity index (χ1n) is 7.15. The molecule has 0 fully saturated rings. The Kier molecular flexibility index (Phi) is 6.08. The van der Waals surface area contributed by atoms with E-state index in [-0.39, 0.29) is 22.2 Å². The van der Waals surface area contributed by atoms with Crippen LogP contribution in [-0.2, 0) is 14.3 Å². The Morgan fingerprint density at radius 3 is 2.56 bits per heavy atom. The number of ether oxygens (including phenoxy) is 1. The van der Waals surface area contributed by atoms with Gasteiger partial charge in [-0.15, -0.1) is 0 Å². The van der Waals surface area contributed by atoms with Crippen LogP contribution >= 0.6 is 11.6 Å². The molecule has 8 heteroatoms. The maximum atomic E-state index is 13.6. The smallest absolute Gasteiger partial charge is 0.338 e. The molecule has 0 spiro atoms. The second-order valence-electron chi connectivity index (χ2n) is 5.01. The van der Waals surface area contributed by atoms with E-state index < -0.39 is 24.3 Å². The minimum Gasteiger partial charge on any atom is -0.452 e. The first-order chi connectivity index (χ1) is 11.8. The van der Waals surface area contributed by atoms with Crippen molar-refractivity contribution in [3.63, 3.8) is 0 Å². The van der Waals surface area contributed by atoms with Crippen LogP contribution in [0.2, 0.25) is 5.02 Å². The van der Waals surface area contributed by atoms with Gasteiger partial charge in [0.2, 0.25) is 5.91 Å². The van der Waals surface area contributed by atoms with Crippen molar-refractivity contribution in [2.24, 2.45) is 0 Å². The van der Waals surface area contributed by atoms with Gasteiger partial charge in [-0.2, -0.15) is 0 Å². The van der Waals surface area contributed by atoms with E-state index in [0.29, 0.717) is 5.69 Å². The van der Waals surface area contributed by atoms with Crippen molar-refractivity contribution in [3.8, 4) is 0 Å².